The summed E-state index contributed by atoms with van der Waals surface area (Å²) in [6.07, 6.45) is 2.58. The van der Waals surface area contributed by atoms with Crippen LogP contribution in [0.3, 0.4) is 0 Å². The molecule has 0 fully saturated rings. The van der Waals surface area contributed by atoms with Gasteiger partial charge in [0.15, 0.2) is 11.6 Å². The second-order valence-corrected chi connectivity index (χ2v) is 3.17. The second kappa shape index (κ2) is 7.90. The van der Waals surface area contributed by atoms with Crippen LogP contribution in [0.15, 0.2) is 18.3 Å². The maximum absolute atomic E-state index is 8.50. The SMILES string of the molecule is COc1cccnc1NCCCOCCO. The number of nitrogens with one attached hydrogen (secondary N) is 1. The number of pyridine rings is 1. The molecule has 5 heteroatoms. The molecule has 0 aliphatic carbocycles. The molecule has 0 aliphatic rings. The normalized spacial score (nSPS) is 10.1. The molecule has 0 spiro atoms. The summed E-state index contributed by atoms with van der Waals surface area (Å²) in [6.45, 7) is 1.86. The number of aromatic nitrogens is 1. The van der Waals surface area contributed by atoms with Crippen LogP contribution in [0, 0.1) is 0 Å². The first-order chi connectivity index (χ1) is 7.88. The van der Waals surface area contributed by atoms with Crippen molar-refractivity contribution in [3.63, 3.8) is 0 Å². The van der Waals surface area contributed by atoms with E-state index in [2.05, 4.69) is 10.3 Å². The van der Waals surface area contributed by atoms with E-state index in [1.807, 2.05) is 12.1 Å². The van der Waals surface area contributed by atoms with Crippen molar-refractivity contribution in [3.8, 4) is 5.75 Å². The molecule has 0 atom stereocenters. The number of nitrogens with zero attached hydrogens (tertiary/aromatic N) is 1. The monoisotopic (exact) mass is 226 g/mol. The Hall–Kier alpha value is -1.33. The zero-order chi connectivity index (χ0) is 11.6. The fourth-order valence-corrected chi connectivity index (χ4v) is 1.24. The molecule has 0 bridgehead atoms. The maximum Gasteiger partial charge on any atom is 0.168 e. The van der Waals surface area contributed by atoms with Crippen molar-refractivity contribution >= 4 is 5.82 Å². The molecule has 1 heterocycles. The van der Waals surface area contributed by atoms with Crippen LogP contribution in [-0.4, -0.2) is 43.6 Å². The van der Waals surface area contributed by atoms with Gasteiger partial charge in [-0.1, -0.05) is 0 Å². The van der Waals surface area contributed by atoms with Crippen molar-refractivity contribution < 1.29 is 14.6 Å². The summed E-state index contributed by atoms with van der Waals surface area (Å²) >= 11 is 0. The smallest absolute Gasteiger partial charge is 0.168 e. The van der Waals surface area contributed by atoms with Gasteiger partial charge < -0.3 is 19.9 Å². The van der Waals surface area contributed by atoms with Crippen LogP contribution in [0.2, 0.25) is 0 Å². The number of methoxy groups -OCH3 is 1. The number of aliphatic hydroxyl groups is 1. The highest BCUT2D eigenvalue weighted by Gasteiger charge is 2.01. The molecule has 1 aromatic heterocycles. The van der Waals surface area contributed by atoms with Gasteiger partial charge in [-0.3, -0.25) is 0 Å². The van der Waals surface area contributed by atoms with Crippen LogP contribution >= 0.6 is 0 Å². The van der Waals surface area contributed by atoms with Crippen molar-refractivity contribution in [1.82, 2.24) is 4.98 Å². The van der Waals surface area contributed by atoms with Gasteiger partial charge in [0.2, 0.25) is 0 Å². The van der Waals surface area contributed by atoms with Crippen molar-refractivity contribution in [3.05, 3.63) is 18.3 Å². The number of hydrogen-bond acceptors (Lipinski definition) is 5. The van der Waals surface area contributed by atoms with Gasteiger partial charge in [-0.05, 0) is 18.6 Å². The summed E-state index contributed by atoms with van der Waals surface area (Å²) in [4.78, 5) is 4.17. The number of aliphatic hydroxyl groups excluding tert-OH is 1. The van der Waals surface area contributed by atoms with E-state index in [-0.39, 0.29) is 6.61 Å². The molecule has 0 unspecified atom stereocenters. The molecule has 16 heavy (non-hydrogen) atoms. The Bertz CT molecular complexity index is 294. The highest BCUT2D eigenvalue weighted by molar-refractivity contribution is 5.49. The lowest BCUT2D eigenvalue weighted by atomic mass is 10.4. The van der Waals surface area contributed by atoms with Gasteiger partial charge in [0, 0.05) is 19.3 Å². The minimum Gasteiger partial charge on any atom is -0.493 e. The molecule has 0 saturated heterocycles. The number of ether oxygens (including phenoxy) is 2. The number of hydrogen-bond donors (Lipinski definition) is 2. The largest absolute Gasteiger partial charge is 0.493 e. The molecule has 1 rings (SSSR count). The van der Waals surface area contributed by atoms with Crippen molar-refractivity contribution in [2.75, 3.05) is 38.8 Å². The van der Waals surface area contributed by atoms with Gasteiger partial charge >= 0.3 is 0 Å². The summed E-state index contributed by atoms with van der Waals surface area (Å²) in [5.74, 6) is 1.48. The first-order valence-electron chi connectivity index (χ1n) is 5.30. The zero-order valence-electron chi connectivity index (χ0n) is 9.48. The average Bonchev–Trinajstić information content (AvgIpc) is 2.34. The molecule has 5 nitrogen and oxygen atoms in total. The van der Waals surface area contributed by atoms with Crippen LogP contribution < -0.4 is 10.1 Å². The summed E-state index contributed by atoms with van der Waals surface area (Å²) in [5, 5.41) is 11.7. The van der Waals surface area contributed by atoms with Crippen molar-refractivity contribution in [1.29, 1.82) is 0 Å². The highest BCUT2D eigenvalue weighted by Crippen LogP contribution is 2.19. The predicted molar refractivity (Wildman–Crippen MR) is 61.8 cm³/mol. The molecule has 0 saturated carbocycles. The summed E-state index contributed by atoms with van der Waals surface area (Å²) in [5.41, 5.74) is 0. The van der Waals surface area contributed by atoms with Crippen LogP contribution in [-0.2, 0) is 4.74 Å². The molecule has 0 radical (unpaired) electrons. The van der Waals surface area contributed by atoms with Gasteiger partial charge in [0.25, 0.3) is 0 Å². The standard InChI is InChI=1S/C11H18N2O3/c1-15-10-4-2-5-12-11(10)13-6-3-8-16-9-7-14/h2,4-5,14H,3,6-9H2,1H3,(H,12,13). The molecule has 90 valence electrons. The quantitative estimate of drug-likeness (QED) is 0.645. The number of rotatable bonds is 8. The van der Waals surface area contributed by atoms with E-state index < -0.39 is 0 Å². The molecule has 0 aliphatic heterocycles. The van der Waals surface area contributed by atoms with E-state index in [0.717, 1.165) is 24.5 Å². The highest BCUT2D eigenvalue weighted by atomic mass is 16.5. The average molecular weight is 226 g/mol. The molecule has 2 N–H and O–H groups in total. The van der Waals surface area contributed by atoms with Crippen LogP contribution in [0.4, 0.5) is 5.82 Å². The minimum absolute atomic E-state index is 0.0709. The Kier molecular flexibility index (Phi) is 6.29. The van der Waals surface area contributed by atoms with Crippen LogP contribution in [0.25, 0.3) is 0 Å². The third kappa shape index (κ3) is 4.46. The van der Waals surface area contributed by atoms with E-state index >= 15 is 0 Å². The van der Waals surface area contributed by atoms with Crippen LogP contribution in [0.1, 0.15) is 6.42 Å². The Morgan fingerprint density at radius 3 is 3.06 bits per heavy atom. The predicted octanol–water partition coefficient (Wildman–Crippen LogP) is 0.901. The fraction of sp³-hybridized carbons (Fsp3) is 0.545. The number of anilines is 1. The van der Waals surface area contributed by atoms with Crippen molar-refractivity contribution in [2.24, 2.45) is 0 Å². The van der Waals surface area contributed by atoms with E-state index in [1.165, 1.54) is 0 Å². The summed E-state index contributed by atoms with van der Waals surface area (Å²) < 4.78 is 10.3. The third-order valence-electron chi connectivity index (χ3n) is 1.98. The lowest BCUT2D eigenvalue weighted by Crippen LogP contribution is -2.09. The van der Waals surface area contributed by atoms with Gasteiger partial charge in [0.1, 0.15) is 0 Å². The summed E-state index contributed by atoms with van der Waals surface area (Å²) in [7, 11) is 1.62. The fourth-order valence-electron chi connectivity index (χ4n) is 1.24. The molecular weight excluding hydrogens is 208 g/mol. The topological polar surface area (TPSA) is 63.6 Å². The van der Waals surface area contributed by atoms with Gasteiger partial charge in [-0.2, -0.15) is 0 Å². The van der Waals surface area contributed by atoms with E-state index in [4.69, 9.17) is 14.6 Å². The minimum atomic E-state index is 0.0709. The Balaban J connectivity index is 2.21. The van der Waals surface area contributed by atoms with Crippen LogP contribution in [0.5, 0.6) is 5.75 Å². The van der Waals surface area contributed by atoms with Crippen molar-refractivity contribution in [2.45, 2.75) is 6.42 Å². The molecule has 0 aromatic carbocycles. The van der Waals surface area contributed by atoms with Gasteiger partial charge in [-0.25, -0.2) is 4.98 Å². The lowest BCUT2D eigenvalue weighted by Gasteiger charge is -2.09. The van der Waals surface area contributed by atoms with E-state index in [0.29, 0.717) is 13.2 Å². The van der Waals surface area contributed by atoms with E-state index in [9.17, 15) is 0 Å². The molecule has 1 aromatic rings. The van der Waals surface area contributed by atoms with Gasteiger partial charge in [0.05, 0.1) is 20.3 Å². The molecular formula is C11H18N2O3. The first kappa shape index (κ1) is 12.7. The summed E-state index contributed by atoms with van der Waals surface area (Å²) in [6, 6.07) is 3.69. The Morgan fingerprint density at radius 1 is 1.44 bits per heavy atom. The lowest BCUT2D eigenvalue weighted by molar-refractivity contribution is 0.0922. The second-order valence-electron chi connectivity index (χ2n) is 3.17. The first-order valence-corrected chi connectivity index (χ1v) is 5.30. The maximum atomic E-state index is 8.50. The Labute approximate surface area is 95.4 Å². The van der Waals surface area contributed by atoms with Gasteiger partial charge in [-0.15, -0.1) is 0 Å². The third-order valence-corrected chi connectivity index (χ3v) is 1.98. The molecule has 0 amide bonds. The Morgan fingerprint density at radius 2 is 2.31 bits per heavy atom. The van der Waals surface area contributed by atoms with E-state index in [1.54, 1.807) is 13.3 Å². The zero-order valence-corrected chi connectivity index (χ0v) is 9.48.